The van der Waals surface area contributed by atoms with E-state index in [9.17, 15) is 4.79 Å². The standard InChI is InChI=1S/C20H27N5O2/c1-15-10-25(11-16(2)27-15)13-18-6-4-17(5-7-18)12-24(3)20(26)23-19-8-9-21-14-22-19/h4-9,14-16H,10-13H2,1-3H3,(H,21,22,23,26)/t15-,16+. The van der Waals surface area contributed by atoms with Gasteiger partial charge in [-0.15, -0.1) is 0 Å². The maximum absolute atomic E-state index is 12.2. The Balaban J connectivity index is 1.51. The van der Waals surface area contributed by atoms with Crippen LogP contribution in [0.5, 0.6) is 0 Å². The molecule has 0 spiro atoms. The number of morpholine rings is 1. The Morgan fingerprint density at radius 1 is 1.19 bits per heavy atom. The topological polar surface area (TPSA) is 70.6 Å². The van der Waals surface area contributed by atoms with Crippen LogP contribution in [0.4, 0.5) is 10.6 Å². The first-order chi connectivity index (χ1) is 13.0. The molecule has 1 aliphatic heterocycles. The van der Waals surface area contributed by atoms with Crippen LogP contribution in [-0.4, -0.2) is 58.1 Å². The summed E-state index contributed by atoms with van der Waals surface area (Å²) in [7, 11) is 1.76. The van der Waals surface area contributed by atoms with Gasteiger partial charge in [-0.3, -0.25) is 10.2 Å². The molecular formula is C20H27N5O2. The molecule has 2 amide bonds. The van der Waals surface area contributed by atoms with E-state index < -0.39 is 0 Å². The molecule has 3 rings (SSSR count). The molecule has 144 valence electrons. The molecule has 0 saturated carbocycles. The minimum Gasteiger partial charge on any atom is -0.373 e. The van der Waals surface area contributed by atoms with Gasteiger partial charge in [-0.25, -0.2) is 14.8 Å². The number of nitrogens with one attached hydrogen (secondary N) is 1. The molecule has 7 nitrogen and oxygen atoms in total. The number of aromatic nitrogens is 2. The van der Waals surface area contributed by atoms with Crippen molar-refractivity contribution in [1.82, 2.24) is 19.8 Å². The second-order valence-corrected chi connectivity index (χ2v) is 7.15. The van der Waals surface area contributed by atoms with Gasteiger partial charge >= 0.3 is 6.03 Å². The number of hydrogen-bond acceptors (Lipinski definition) is 5. The molecule has 0 unspecified atom stereocenters. The van der Waals surface area contributed by atoms with E-state index >= 15 is 0 Å². The number of hydrogen-bond donors (Lipinski definition) is 1. The molecule has 1 aromatic heterocycles. The molecule has 27 heavy (non-hydrogen) atoms. The fourth-order valence-corrected chi connectivity index (χ4v) is 3.34. The van der Waals surface area contributed by atoms with Crippen molar-refractivity contribution < 1.29 is 9.53 Å². The van der Waals surface area contributed by atoms with Crippen molar-refractivity contribution in [2.45, 2.75) is 39.1 Å². The van der Waals surface area contributed by atoms with Gasteiger partial charge in [-0.1, -0.05) is 24.3 Å². The zero-order chi connectivity index (χ0) is 19.2. The maximum Gasteiger partial charge on any atom is 0.323 e. The quantitative estimate of drug-likeness (QED) is 0.878. The molecule has 2 atom stereocenters. The van der Waals surface area contributed by atoms with E-state index in [0.29, 0.717) is 12.4 Å². The van der Waals surface area contributed by atoms with Crippen molar-refractivity contribution in [3.05, 3.63) is 54.0 Å². The summed E-state index contributed by atoms with van der Waals surface area (Å²) in [6.45, 7) is 7.60. The van der Waals surface area contributed by atoms with Gasteiger partial charge in [0.15, 0.2) is 0 Å². The van der Waals surface area contributed by atoms with E-state index in [1.165, 1.54) is 11.9 Å². The summed E-state index contributed by atoms with van der Waals surface area (Å²) in [6, 6.07) is 9.89. The molecule has 2 heterocycles. The summed E-state index contributed by atoms with van der Waals surface area (Å²) in [6.07, 6.45) is 3.55. The van der Waals surface area contributed by atoms with Crippen molar-refractivity contribution in [1.29, 1.82) is 0 Å². The van der Waals surface area contributed by atoms with Crippen LogP contribution < -0.4 is 5.32 Å². The molecule has 1 fully saturated rings. The van der Waals surface area contributed by atoms with Gasteiger partial charge in [0.1, 0.15) is 12.1 Å². The third-order valence-corrected chi connectivity index (χ3v) is 4.51. The Bertz CT molecular complexity index is 728. The van der Waals surface area contributed by atoms with Gasteiger partial charge in [0.2, 0.25) is 0 Å². The monoisotopic (exact) mass is 369 g/mol. The average molecular weight is 369 g/mol. The summed E-state index contributed by atoms with van der Waals surface area (Å²) in [5.41, 5.74) is 2.36. The number of benzene rings is 1. The van der Waals surface area contributed by atoms with E-state index in [4.69, 9.17) is 4.74 Å². The summed E-state index contributed by atoms with van der Waals surface area (Å²) in [5.74, 6) is 0.492. The van der Waals surface area contributed by atoms with Crippen LogP contribution in [0.3, 0.4) is 0 Å². The molecule has 7 heteroatoms. The Kier molecular flexibility index (Phi) is 6.36. The van der Waals surface area contributed by atoms with Gasteiger partial charge in [-0.2, -0.15) is 0 Å². The number of urea groups is 1. The molecule has 2 aromatic rings. The fourth-order valence-electron chi connectivity index (χ4n) is 3.34. The largest absolute Gasteiger partial charge is 0.373 e. The Morgan fingerprint density at radius 3 is 2.48 bits per heavy atom. The number of nitrogens with zero attached hydrogens (tertiary/aromatic N) is 4. The number of amides is 2. The van der Waals surface area contributed by atoms with E-state index in [1.807, 2.05) is 0 Å². The van der Waals surface area contributed by atoms with Gasteiger partial charge in [0.25, 0.3) is 0 Å². The summed E-state index contributed by atoms with van der Waals surface area (Å²) < 4.78 is 5.79. The summed E-state index contributed by atoms with van der Waals surface area (Å²) >= 11 is 0. The molecular weight excluding hydrogens is 342 g/mol. The lowest BCUT2D eigenvalue weighted by molar-refractivity contribution is -0.0704. The first-order valence-corrected chi connectivity index (χ1v) is 9.23. The lowest BCUT2D eigenvalue weighted by atomic mass is 10.1. The number of anilines is 1. The predicted molar refractivity (Wildman–Crippen MR) is 104 cm³/mol. The molecule has 0 aliphatic carbocycles. The zero-order valence-electron chi connectivity index (χ0n) is 16.1. The maximum atomic E-state index is 12.2. The highest BCUT2D eigenvalue weighted by Crippen LogP contribution is 2.15. The smallest absolute Gasteiger partial charge is 0.323 e. The minimum atomic E-state index is -0.200. The third-order valence-electron chi connectivity index (χ3n) is 4.51. The van der Waals surface area contributed by atoms with Gasteiger partial charge in [0.05, 0.1) is 12.2 Å². The Hall–Kier alpha value is -2.51. The number of carbonyl (C=O) groups excluding carboxylic acids is 1. The van der Waals surface area contributed by atoms with Crippen LogP contribution in [0.15, 0.2) is 42.9 Å². The summed E-state index contributed by atoms with van der Waals surface area (Å²) in [5, 5.41) is 2.75. The zero-order valence-corrected chi connectivity index (χ0v) is 16.1. The van der Waals surface area contributed by atoms with Crippen LogP contribution in [-0.2, 0) is 17.8 Å². The van der Waals surface area contributed by atoms with E-state index in [1.54, 1.807) is 24.2 Å². The highest BCUT2D eigenvalue weighted by atomic mass is 16.5. The Morgan fingerprint density at radius 2 is 1.85 bits per heavy atom. The molecule has 0 radical (unpaired) electrons. The third kappa shape index (κ3) is 5.74. The SMILES string of the molecule is C[C@@H]1CN(Cc2ccc(CN(C)C(=O)Nc3ccncn3)cc2)C[C@H](C)O1. The summed E-state index contributed by atoms with van der Waals surface area (Å²) in [4.78, 5) is 24.1. The fraction of sp³-hybridized carbons (Fsp3) is 0.450. The normalized spacial score (nSPS) is 20.3. The second kappa shape index (κ2) is 8.92. The van der Waals surface area contributed by atoms with Crippen molar-refractivity contribution in [2.75, 3.05) is 25.5 Å². The van der Waals surface area contributed by atoms with Crippen molar-refractivity contribution in [2.24, 2.45) is 0 Å². The highest BCUT2D eigenvalue weighted by molar-refractivity contribution is 5.87. The van der Waals surface area contributed by atoms with E-state index in [0.717, 1.165) is 25.2 Å². The lowest BCUT2D eigenvalue weighted by Gasteiger charge is -2.35. The van der Waals surface area contributed by atoms with Crippen LogP contribution in [0.2, 0.25) is 0 Å². The second-order valence-electron chi connectivity index (χ2n) is 7.15. The molecule has 0 bridgehead atoms. The lowest BCUT2D eigenvalue weighted by Crippen LogP contribution is -2.44. The molecule has 1 saturated heterocycles. The van der Waals surface area contributed by atoms with Crippen LogP contribution >= 0.6 is 0 Å². The molecule has 1 N–H and O–H groups in total. The van der Waals surface area contributed by atoms with Crippen molar-refractivity contribution >= 4 is 11.8 Å². The number of carbonyl (C=O) groups is 1. The molecule has 1 aromatic carbocycles. The molecule has 1 aliphatic rings. The van der Waals surface area contributed by atoms with Gasteiger partial charge in [0, 0.05) is 39.4 Å². The first kappa shape index (κ1) is 19.3. The number of ether oxygens (including phenoxy) is 1. The minimum absolute atomic E-state index is 0.200. The van der Waals surface area contributed by atoms with E-state index in [-0.39, 0.29) is 18.2 Å². The Labute approximate surface area is 160 Å². The van der Waals surface area contributed by atoms with Crippen molar-refractivity contribution in [3.8, 4) is 0 Å². The first-order valence-electron chi connectivity index (χ1n) is 9.23. The predicted octanol–water partition coefficient (Wildman–Crippen LogP) is 2.75. The van der Waals surface area contributed by atoms with E-state index in [2.05, 4.69) is 58.3 Å². The van der Waals surface area contributed by atoms with Crippen LogP contribution in [0, 0.1) is 0 Å². The highest BCUT2D eigenvalue weighted by Gasteiger charge is 2.22. The van der Waals surface area contributed by atoms with Crippen LogP contribution in [0.25, 0.3) is 0 Å². The van der Waals surface area contributed by atoms with Crippen LogP contribution in [0.1, 0.15) is 25.0 Å². The van der Waals surface area contributed by atoms with Crippen molar-refractivity contribution in [3.63, 3.8) is 0 Å². The average Bonchev–Trinajstić information content (AvgIpc) is 2.63. The van der Waals surface area contributed by atoms with Gasteiger partial charge in [-0.05, 0) is 31.0 Å². The number of rotatable bonds is 5. The van der Waals surface area contributed by atoms with Gasteiger partial charge < -0.3 is 9.64 Å².